The van der Waals surface area contributed by atoms with Crippen LogP contribution in [0.2, 0.25) is 0 Å². The van der Waals surface area contributed by atoms with Crippen molar-refractivity contribution < 1.29 is 4.79 Å². The Balaban J connectivity index is 0.00000288. The molecule has 1 fully saturated rings. The number of nitrogens with one attached hydrogen (secondary N) is 1. The van der Waals surface area contributed by atoms with E-state index in [0.29, 0.717) is 13.0 Å². The molecule has 1 aromatic carbocycles. The molecule has 1 amide bonds. The fourth-order valence-electron chi connectivity index (χ4n) is 2.96. The van der Waals surface area contributed by atoms with E-state index >= 15 is 0 Å². The summed E-state index contributed by atoms with van der Waals surface area (Å²) in [6.07, 6.45) is 3.84. The summed E-state index contributed by atoms with van der Waals surface area (Å²) in [6, 6.07) is 8.64. The van der Waals surface area contributed by atoms with E-state index in [9.17, 15) is 4.79 Å². The maximum Gasteiger partial charge on any atom is 0.220 e. The van der Waals surface area contributed by atoms with Crippen LogP contribution in [0.25, 0.3) is 0 Å². The lowest BCUT2D eigenvalue weighted by molar-refractivity contribution is -0.121. The zero-order chi connectivity index (χ0) is 16.7. The molecule has 4 nitrogen and oxygen atoms in total. The number of nitrogens with zero attached hydrogens (tertiary/aromatic N) is 1. The van der Waals surface area contributed by atoms with Crippen LogP contribution < -0.4 is 11.1 Å². The Labute approximate surface area is 164 Å². The zero-order valence-electron chi connectivity index (χ0n) is 15.4. The Kier molecular flexibility index (Phi) is 12.1. The number of hydrogen-bond donors (Lipinski definition) is 2. The number of carbonyl (C=O) groups excluding carboxylic acids is 1. The molecule has 0 radical (unpaired) electrons. The third-order valence-corrected chi connectivity index (χ3v) is 4.59. The molecular formula is C19H33Cl2N3O. The van der Waals surface area contributed by atoms with Gasteiger partial charge in [0, 0.05) is 25.6 Å². The van der Waals surface area contributed by atoms with Crippen LogP contribution in [-0.4, -0.2) is 29.9 Å². The van der Waals surface area contributed by atoms with Crippen molar-refractivity contribution in [3.05, 3.63) is 35.4 Å². The number of carbonyl (C=O) groups is 1. The first-order valence-corrected chi connectivity index (χ1v) is 8.85. The van der Waals surface area contributed by atoms with Gasteiger partial charge in [-0.25, -0.2) is 0 Å². The van der Waals surface area contributed by atoms with Crippen molar-refractivity contribution in [2.24, 2.45) is 11.7 Å². The predicted octanol–water partition coefficient (Wildman–Crippen LogP) is 3.51. The van der Waals surface area contributed by atoms with E-state index in [1.807, 2.05) is 6.92 Å². The second-order valence-electron chi connectivity index (χ2n) is 7.07. The second kappa shape index (κ2) is 12.5. The minimum absolute atomic E-state index is 0. The largest absolute Gasteiger partial charge is 0.352 e. The van der Waals surface area contributed by atoms with Crippen molar-refractivity contribution in [1.82, 2.24) is 10.2 Å². The third-order valence-electron chi connectivity index (χ3n) is 4.59. The van der Waals surface area contributed by atoms with E-state index in [1.165, 1.54) is 37.1 Å². The summed E-state index contributed by atoms with van der Waals surface area (Å²) in [4.78, 5) is 14.3. The van der Waals surface area contributed by atoms with Crippen LogP contribution in [0.5, 0.6) is 0 Å². The van der Waals surface area contributed by atoms with Gasteiger partial charge in [-0.15, -0.1) is 24.8 Å². The van der Waals surface area contributed by atoms with Crippen LogP contribution >= 0.6 is 24.8 Å². The number of piperidine rings is 1. The van der Waals surface area contributed by atoms with Gasteiger partial charge in [-0.1, -0.05) is 31.2 Å². The highest BCUT2D eigenvalue weighted by atomic mass is 35.5. The SMILES string of the molecule is CC(N)CCC(=O)NCc1cccc(CN2CCC(C)CC2)c1.Cl.Cl. The molecular weight excluding hydrogens is 357 g/mol. The highest BCUT2D eigenvalue weighted by Gasteiger charge is 2.15. The fourth-order valence-corrected chi connectivity index (χ4v) is 2.96. The molecule has 144 valence electrons. The normalized spacial score (nSPS) is 16.4. The highest BCUT2D eigenvalue weighted by molar-refractivity contribution is 5.85. The Morgan fingerprint density at radius 3 is 2.56 bits per heavy atom. The second-order valence-corrected chi connectivity index (χ2v) is 7.07. The van der Waals surface area contributed by atoms with Crippen LogP contribution in [0.4, 0.5) is 0 Å². The quantitative estimate of drug-likeness (QED) is 0.749. The average molecular weight is 390 g/mol. The molecule has 0 bridgehead atoms. The van der Waals surface area contributed by atoms with Gasteiger partial charge in [-0.3, -0.25) is 9.69 Å². The van der Waals surface area contributed by atoms with E-state index in [2.05, 4.69) is 41.4 Å². The summed E-state index contributed by atoms with van der Waals surface area (Å²) in [6.45, 7) is 8.27. The molecule has 1 saturated heterocycles. The summed E-state index contributed by atoms with van der Waals surface area (Å²) in [7, 11) is 0. The minimum Gasteiger partial charge on any atom is -0.352 e. The molecule has 1 unspecified atom stereocenters. The molecule has 2 rings (SSSR count). The Hall–Kier alpha value is -0.810. The van der Waals surface area contributed by atoms with E-state index in [1.54, 1.807) is 0 Å². The van der Waals surface area contributed by atoms with Crippen LogP contribution in [0.1, 0.15) is 50.7 Å². The third kappa shape index (κ3) is 9.45. The Morgan fingerprint density at radius 2 is 1.92 bits per heavy atom. The number of rotatable bonds is 7. The number of benzene rings is 1. The molecule has 3 N–H and O–H groups in total. The number of likely N-dealkylation sites (tertiary alicyclic amines) is 1. The zero-order valence-corrected chi connectivity index (χ0v) is 17.0. The number of hydrogen-bond acceptors (Lipinski definition) is 3. The monoisotopic (exact) mass is 389 g/mol. The van der Waals surface area contributed by atoms with E-state index in [-0.39, 0.29) is 36.8 Å². The molecule has 1 aromatic rings. The smallest absolute Gasteiger partial charge is 0.220 e. The minimum atomic E-state index is 0. The standard InChI is InChI=1S/C19H31N3O.2ClH/c1-15-8-10-22(11-9-15)14-18-5-3-4-17(12-18)13-21-19(23)7-6-16(2)20;;/h3-5,12,15-16H,6-11,13-14,20H2,1-2H3,(H,21,23);2*1H. The molecule has 0 spiro atoms. The van der Waals surface area contributed by atoms with Gasteiger partial charge in [0.25, 0.3) is 0 Å². The van der Waals surface area contributed by atoms with E-state index in [4.69, 9.17) is 5.73 Å². The molecule has 1 aliphatic rings. The lowest BCUT2D eigenvalue weighted by atomic mass is 9.98. The lowest BCUT2D eigenvalue weighted by Crippen LogP contribution is -2.32. The van der Waals surface area contributed by atoms with Crippen LogP contribution in [0.3, 0.4) is 0 Å². The Bertz CT molecular complexity index is 503. The molecule has 1 aliphatic heterocycles. The molecule has 0 saturated carbocycles. The first-order valence-electron chi connectivity index (χ1n) is 8.85. The first kappa shape index (κ1) is 24.2. The van der Waals surface area contributed by atoms with Crippen LogP contribution in [0, 0.1) is 5.92 Å². The molecule has 1 atom stereocenters. The van der Waals surface area contributed by atoms with Gasteiger partial charge < -0.3 is 11.1 Å². The maximum absolute atomic E-state index is 11.8. The lowest BCUT2D eigenvalue weighted by Gasteiger charge is -2.30. The molecule has 1 heterocycles. The van der Waals surface area contributed by atoms with E-state index < -0.39 is 0 Å². The molecule has 25 heavy (non-hydrogen) atoms. The van der Waals surface area contributed by atoms with Crippen molar-refractivity contribution in [3.63, 3.8) is 0 Å². The van der Waals surface area contributed by atoms with Crippen molar-refractivity contribution in [2.75, 3.05) is 13.1 Å². The topological polar surface area (TPSA) is 58.4 Å². The van der Waals surface area contributed by atoms with Gasteiger partial charge in [0.2, 0.25) is 5.91 Å². The fraction of sp³-hybridized carbons (Fsp3) is 0.632. The summed E-state index contributed by atoms with van der Waals surface area (Å²) in [5.41, 5.74) is 8.18. The van der Waals surface area contributed by atoms with Crippen LogP contribution in [0.15, 0.2) is 24.3 Å². The predicted molar refractivity (Wildman–Crippen MR) is 109 cm³/mol. The summed E-state index contributed by atoms with van der Waals surface area (Å²) in [5.74, 6) is 0.946. The highest BCUT2D eigenvalue weighted by Crippen LogP contribution is 2.18. The Morgan fingerprint density at radius 1 is 1.28 bits per heavy atom. The average Bonchev–Trinajstić information content (AvgIpc) is 2.53. The number of amides is 1. The van der Waals surface area contributed by atoms with Crippen molar-refractivity contribution in [1.29, 1.82) is 0 Å². The molecule has 6 heteroatoms. The molecule has 0 aromatic heterocycles. The van der Waals surface area contributed by atoms with Gasteiger partial charge in [0.05, 0.1) is 0 Å². The van der Waals surface area contributed by atoms with Crippen LogP contribution in [-0.2, 0) is 17.9 Å². The van der Waals surface area contributed by atoms with Gasteiger partial charge >= 0.3 is 0 Å². The molecule has 0 aliphatic carbocycles. The van der Waals surface area contributed by atoms with Gasteiger partial charge in [0.1, 0.15) is 0 Å². The summed E-state index contributed by atoms with van der Waals surface area (Å²) in [5, 5.41) is 2.98. The van der Waals surface area contributed by atoms with Gasteiger partial charge in [-0.05, 0) is 56.3 Å². The summed E-state index contributed by atoms with van der Waals surface area (Å²) < 4.78 is 0. The first-order chi connectivity index (χ1) is 11.0. The van der Waals surface area contributed by atoms with Gasteiger partial charge in [0.15, 0.2) is 0 Å². The summed E-state index contributed by atoms with van der Waals surface area (Å²) >= 11 is 0. The van der Waals surface area contributed by atoms with Gasteiger partial charge in [-0.2, -0.15) is 0 Å². The maximum atomic E-state index is 11.8. The number of halogens is 2. The van der Waals surface area contributed by atoms with Crippen molar-refractivity contribution >= 4 is 30.7 Å². The van der Waals surface area contributed by atoms with E-state index in [0.717, 1.165) is 18.9 Å². The van der Waals surface area contributed by atoms with Crippen molar-refractivity contribution in [3.8, 4) is 0 Å². The number of nitrogens with two attached hydrogens (primary N) is 1. The van der Waals surface area contributed by atoms with Crippen molar-refractivity contribution in [2.45, 2.75) is 58.7 Å².